The molecular formula is C22H24N2O4. The van der Waals surface area contributed by atoms with Crippen LogP contribution in [0.5, 0.6) is 0 Å². The van der Waals surface area contributed by atoms with E-state index in [0.29, 0.717) is 24.3 Å². The summed E-state index contributed by atoms with van der Waals surface area (Å²) >= 11 is 0. The molecule has 0 aliphatic heterocycles. The maximum Gasteiger partial charge on any atom is 0.330 e. The maximum atomic E-state index is 12.5. The number of nitrogens with two attached hydrogens (primary N) is 1. The van der Waals surface area contributed by atoms with Crippen LogP contribution in [0.2, 0.25) is 0 Å². The first-order valence-electron chi connectivity index (χ1n) is 9.37. The first-order chi connectivity index (χ1) is 13.5. The predicted molar refractivity (Wildman–Crippen MR) is 104 cm³/mol. The van der Waals surface area contributed by atoms with E-state index in [9.17, 15) is 9.59 Å². The van der Waals surface area contributed by atoms with Crippen LogP contribution in [0.15, 0.2) is 24.3 Å². The van der Waals surface area contributed by atoms with Gasteiger partial charge in [-0.2, -0.15) is 0 Å². The zero-order chi connectivity index (χ0) is 20.1. The number of rotatable bonds is 5. The maximum absolute atomic E-state index is 12.5. The molecule has 4 N–H and O–H groups in total. The lowest BCUT2D eigenvalue weighted by atomic mass is 9.72. The van der Waals surface area contributed by atoms with E-state index in [2.05, 4.69) is 29.0 Å². The van der Waals surface area contributed by atoms with Gasteiger partial charge in [0.25, 0.3) is 5.91 Å². The highest BCUT2D eigenvalue weighted by Crippen LogP contribution is 2.36. The minimum atomic E-state index is -0.862. The van der Waals surface area contributed by atoms with Crippen LogP contribution in [0.4, 0.5) is 0 Å². The monoisotopic (exact) mass is 380 g/mol. The van der Waals surface area contributed by atoms with Crippen molar-refractivity contribution in [2.75, 3.05) is 13.7 Å². The number of nitrogens with one attached hydrogen (secondary N) is 1. The highest BCUT2D eigenvalue weighted by Gasteiger charge is 2.46. The van der Waals surface area contributed by atoms with E-state index in [-0.39, 0.29) is 18.4 Å². The molecule has 0 saturated heterocycles. The van der Waals surface area contributed by atoms with Gasteiger partial charge in [0.2, 0.25) is 0 Å². The van der Waals surface area contributed by atoms with E-state index < -0.39 is 17.6 Å². The molecule has 146 valence electrons. The van der Waals surface area contributed by atoms with Gasteiger partial charge >= 0.3 is 5.97 Å². The Morgan fingerprint density at radius 2 is 2.04 bits per heavy atom. The third-order valence-electron chi connectivity index (χ3n) is 5.40. The van der Waals surface area contributed by atoms with Gasteiger partial charge in [-0.3, -0.25) is 4.79 Å². The number of methoxy groups -OCH3 is 1. The van der Waals surface area contributed by atoms with Gasteiger partial charge in [0.15, 0.2) is 0 Å². The zero-order valence-electron chi connectivity index (χ0n) is 15.8. The van der Waals surface area contributed by atoms with E-state index in [0.717, 1.165) is 18.4 Å². The number of aliphatic hydroxyl groups excluding tert-OH is 1. The molecule has 0 unspecified atom stereocenters. The molecule has 6 heteroatoms. The van der Waals surface area contributed by atoms with Crippen molar-refractivity contribution < 1.29 is 19.4 Å². The van der Waals surface area contributed by atoms with Crippen molar-refractivity contribution in [2.24, 2.45) is 17.6 Å². The van der Waals surface area contributed by atoms with Crippen molar-refractivity contribution in [2.45, 2.75) is 37.3 Å². The van der Waals surface area contributed by atoms with E-state index in [4.69, 9.17) is 15.6 Å². The molecule has 6 nitrogen and oxygen atoms in total. The lowest BCUT2D eigenvalue weighted by Crippen LogP contribution is -2.65. The second kappa shape index (κ2) is 8.48. The second-order valence-corrected chi connectivity index (χ2v) is 7.40. The highest BCUT2D eigenvalue weighted by molar-refractivity contribution is 5.97. The molecule has 0 spiro atoms. The third kappa shape index (κ3) is 4.54. The molecule has 0 radical (unpaired) electrons. The highest BCUT2D eigenvalue weighted by atomic mass is 16.5. The van der Waals surface area contributed by atoms with Gasteiger partial charge in [-0.15, -0.1) is 0 Å². The SMILES string of the molecule is COC(=O)[C@@H](NC(=O)c1ccc(C#CC#C[C@@H]2C[C@H]2CO)cc1)C1(N)CCC1. The Morgan fingerprint density at radius 3 is 2.57 bits per heavy atom. The zero-order valence-corrected chi connectivity index (χ0v) is 15.8. The molecule has 2 saturated carbocycles. The number of amides is 1. The Morgan fingerprint density at radius 1 is 1.32 bits per heavy atom. The summed E-state index contributed by atoms with van der Waals surface area (Å²) < 4.78 is 4.80. The molecular weight excluding hydrogens is 356 g/mol. The van der Waals surface area contributed by atoms with Crippen molar-refractivity contribution in [1.29, 1.82) is 0 Å². The van der Waals surface area contributed by atoms with Gasteiger partial charge in [0.1, 0.15) is 6.04 Å². The summed E-state index contributed by atoms with van der Waals surface area (Å²) in [6.07, 6.45) is 3.20. The minimum absolute atomic E-state index is 0.179. The quantitative estimate of drug-likeness (QED) is 0.519. The van der Waals surface area contributed by atoms with Crippen LogP contribution in [0, 0.1) is 35.5 Å². The molecule has 1 amide bonds. The van der Waals surface area contributed by atoms with E-state index in [1.54, 1.807) is 24.3 Å². The summed E-state index contributed by atoms with van der Waals surface area (Å²) in [5.74, 6) is 11.2. The minimum Gasteiger partial charge on any atom is -0.467 e. The summed E-state index contributed by atoms with van der Waals surface area (Å²) in [4.78, 5) is 24.6. The van der Waals surface area contributed by atoms with Gasteiger partial charge in [0, 0.05) is 29.2 Å². The summed E-state index contributed by atoms with van der Waals surface area (Å²) in [6, 6.07) is 5.89. The van der Waals surface area contributed by atoms with Gasteiger partial charge in [0.05, 0.1) is 7.11 Å². The molecule has 0 heterocycles. The van der Waals surface area contributed by atoms with Crippen LogP contribution in [0.3, 0.4) is 0 Å². The fourth-order valence-corrected chi connectivity index (χ4v) is 3.21. The average molecular weight is 380 g/mol. The largest absolute Gasteiger partial charge is 0.467 e. The number of benzene rings is 1. The van der Waals surface area contributed by atoms with Gasteiger partial charge < -0.3 is 20.9 Å². The van der Waals surface area contributed by atoms with E-state index in [1.165, 1.54) is 7.11 Å². The number of aliphatic hydroxyl groups is 1. The van der Waals surface area contributed by atoms with E-state index >= 15 is 0 Å². The fourth-order valence-electron chi connectivity index (χ4n) is 3.21. The van der Waals surface area contributed by atoms with Crippen molar-refractivity contribution >= 4 is 11.9 Å². The van der Waals surface area contributed by atoms with Crippen LogP contribution in [-0.4, -0.2) is 42.3 Å². The topological polar surface area (TPSA) is 102 Å². The summed E-state index contributed by atoms with van der Waals surface area (Å²) in [7, 11) is 1.28. The standard InChI is InChI=1S/C22H24N2O4/c1-28-21(27)19(22(23)11-4-12-22)24-20(26)16-9-7-15(8-10-16)5-2-3-6-17-13-18(17)14-25/h7-10,17-19,25H,4,11-14,23H2,1H3,(H,24,26)/t17-,18+,19-/m1/s1. The van der Waals surface area contributed by atoms with Gasteiger partial charge in [-0.1, -0.05) is 11.8 Å². The Balaban J connectivity index is 1.61. The molecule has 2 aliphatic carbocycles. The second-order valence-electron chi connectivity index (χ2n) is 7.40. The molecule has 0 aromatic heterocycles. The summed E-state index contributed by atoms with van der Waals surface area (Å²) in [5.41, 5.74) is 6.63. The molecule has 3 atom stereocenters. The third-order valence-corrected chi connectivity index (χ3v) is 5.40. The summed E-state index contributed by atoms with van der Waals surface area (Å²) in [6.45, 7) is 0.179. The summed E-state index contributed by atoms with van der Waals surface area (Å²) in [5, 5.41) is 11.7. The number of hydrogen-bond donors (Lipinski definition) is 3. The Labute approximate surface area is 164 Å². The Bertz CT molecular complexity index is 866. The van der Waals surface area contributed by atoms with Crippen LogP contribution >= 0.6 is 0 Å². The van der Waals surface area contributed by atoms with Crippen LogP contribution in [0.1, 0.15) is 41.6 Å². The van der Waals surface area contributed by atoms with Crippen LogP contribution in [0.25, 0.3) is 0 Å². The van der Waals surface area contributed by atoms with Crippen molar-refractivity contribution in [3.05, 3.63) is 35.4 Å². The average Bonchev–Trinajstić information content (AvgIpc) is 3.46. The number of hydrogen-bond acceptors (Lipinski definition) is 5. The molecule has 1 aromatic carbocycles. The Kier molecular flexibility index (Phi) is 6.04. The fraction of sp³-hybridized carbons (Fsp3) is 0.455. The number of ether oxygens (including phenoxy) is 1. The van der Waals surface area contributed by atoms with Gasteiger partial charge in [-0.25, -0.2) is 4.79 Å². The lowest BCUT2D eigenvalue weighted by Gasteiger charge is -2.43. The lowest BCUT2D eigenvalue weighted by molar-refractivity contribution is -0.145. The molecule has 2 aliphatic rings. The first kappa shape index (κ1) is 19.9. The van der Waals surface area contributed by atoms with Crippen molar-refractivity contribution in [3.63, 3.8) is 0 Å². The van der Waals surface area contributed by atoms with Crippen LogP contribution in [-0.2, 0) is 9.53 Å². The molecule has 1 aromatic rings. The molecule has 0 bridgehead atoms. The smallest absolute Gasteiger partial charge is 0.330 e. The Hall–Kier alpha value is -2.80. The number of carbonyl (C=O) groups is 2. The van der Waals surface area contributed by atoms with Crippen molar-refractivity contribution in [3.8, 4) is 23.7 Å². The molecule has 3 rings (SSSR count). The predicted octanol–water partition coefficient (Wildman–Crippen LogP) is 0.823. The van der Waals surface area contributed by atoms with Crippen molar-refractivity contribution in [1.82, 2.24) is 5.32 Å². The first-order valence-corrected chi connectivity index (χ1v) is 9.37. The number of esters is 1. The van der Waals surface area contributed by atoms with Crippen LogP contribution < -0.4 is 11.1 Å². The normalized spacial score (nSPS) is 22.2. The molecule has 28 heavy (non-hydrogen) atoms. The van der Waals surface area contributed by atoms with E-state index in [1.807, 2.05) is 0 Å². The van der Waals surface area contributed by atoms with Gasteiger partial charge in [-0.05, 0) is 67.7 Å². The molecule has 2 fully saturated rings. The number of carbonyl (C=O) groups excluding carboxylic acids is 2.